The third kappa shape index (κ3) is 5.09. The first-order valence-electron chi connectivity index (χ1n) is 9.49. The first-order chi connectivity index (χ1) is 12.0. The lowest BCUT2D eigenvalue weighted by Gasteiger charge is -2.48. The summed E-state index contributed by atoms with van der Waals surface area (Å²) in [5.41, 5.74) is 2.38. The van der Waals surface area contributed by atoms with Crippen LogP contribution in [-0.2, 0) is 12.8 Å². The number of benzene rings is 2. The van der Waals surface area contributed by atoms with Crippen molar-refractivity contribution in [2.75, 3.05) is 14.1 Å². The molecule has 0 radical (unpaired) electrons. The minimum Gasteiger partial charge on any atom is -0.390 e. The Morgan fingerprint density at radius 1 is 0.808 bits per heavy atom. The van der Waals surface area contributed by atoms with Gasteiger partial charge in [-0.3, -0.25) is 0 Å². The first-order valence-corrected chi connectivity index (χ1v) is 9.49. The van der Waals surface area contributed by atoms with Gasteiger partial charge in [0, 0.05) is 5.54 Å². The molecule has 0 aromatic heterocycles. The molecule has 0 unspecified atom stereocenters. The number of hydrogen-bond donors (Lipinski definition) is 1. The summed E-state index contributed by atoms with van der Waals surface area (Å²) in [5.74, 6) is 0. The molecule has 1 aliphatic carbocycles. The number of aryl methyl sites for hydroxylation is 1. The van der Waals surface area contributed by atoms with E-state index >= 15 is 0 Å². The Balaban J connectivity index is 0.00000243. The standard InChI is InChI=1S/C23H31NO.ClH/c1-24(2)22(19-21-11-7-4-8-12-21)15-17-23(25,18-16-22)14-13-20-9-5-3-6-10-20;/h3-12,25H,13-19H2,1-2H3;1H. The molecule has 1 fully saturated rings. The van der Waals surface area contributed by atoms with Gasteiger partial charge in [-0.15, -0.1) is 12.4 Å². The normalized spacial score (nSPS) is 25.7. The second-order valence-electron chi connectivity index (χ2n) is 7.99. The van der Waals surface area contributed by atoms with E-state index < -0.39 is 5.60 Å². The fourth-order valence-electron chi connectivity index (χ4n) is 4.21. The molecule has 1 aliphatic rings. The fraction of sp³-hybridized carbons (Fsp3) is 0.478. The number of rotatable bonds is 6. The highest BCUT2D eigenvalue weighted by atomic mass is 35.5. The van der Waals surface area contributed by atoms with Crippen molar-refractivity contribution in [1.29, 1.82) is 0 Å². The minimum atomic E-state index is -0.508. The van der Waals surface area contributed by atoms with E-state index in [1.807, 2.05) is 6.07 Å². The molecule has 26 heavy (non-hydrogen) atoms. The van der Waals surface area contributed by atoms with E-state index in [4.69, 9.17) is 0 Å². The largest absolute Gasteiger partial charge is 0.390 e. The molecule has 3 rings (SSSR count). The molecule has 2 aromatic rings. The van der Waals surface area contributed by atoms with Gasteiger partial charge >= 0.3 is 0 Å². The van der Waals surface area contributed by atoms with Gasteiger partial charge in [0.05, 0.1) is 5.60 Å². The van der Waals surface area contributed by atoms with Gasteiger partial charge in [0.1, 0.15) is 0 Å². The SMILES string of the molecule is CN(C)C1(Cc2ccccc2)CCC(O)(CCc2ccccc2)CC1.Cl. The number of likely N-dealkylation sites (N-methyl/N-ethyl adjacent to an activating group) is 1. The van der Waals surface area contributed by atoms with Crippen molar-refractivity contribution < 1.29 is 5.11 Å². The number of nitrogens with zero attached hydrogens (tertiary/aromatic N) is 1. The van der Waals surface area contributed by atoms with Gasteiger partial charge < -0.3 is 10.0 Å². The summed E-state index contributed by atoms with van der Waals surface area (Å²) in [6, 6.07) is 21.3. The van der Waals surface area contributed by atoms with Crippen molar-refractivity contribution in [3.63, 3.8) is 0 Å². The Kier molecular flexibility index (Phi) is 7.28. The minimum absolute atomic E-state index is 0. The van der Waals surface area contributed by atoms with Crippen LogP contribution < -0.4 is 0 Å². The van der Waals surface area contributed by atoms with Crippen molar-refractivity contribution in [2.45, 2.75) is 56.1 Å². The predicted molar refractivity (Wildman–Crippen MR) is 112 cm³/mol. The summed E-state index contributed by atoms with van der Waals surface area (Å²) >= 11 is 0. The maximum atomic E-state index is 11.1. The molecule has 0 saturated heterocycles. The summed E-state index contributed by atoms with van der Waals surface area (Å²) < 4.78 is 0. The Bertz CT molecular complexity index is 648. The molecule has 3 heteroatoms. The molecule has 2 nitrogen and oxygen atoms in total. The van der Waals surface area contributed by atoms with Crippen LogP contribution in [0.3, 0.4) is 0 Å². The van der Waals surface area contributed by atoms with Crippen LogP contribution in [0, 0.1) is 0 Å². The molecule has 0 amide bonds. The Morgan fingerprint density at radius 2 is 1.31 bits per heavy atom. The highest BCUT2D eigenvalue weighted by molar-refractivity contribution is 5.85. The average molecular weight is 374 g/mol. The molecule has 0 spiro atoms. The number of hydrogen-bond acceptors (Lipinski definition) is 2. The molecule has 142 valence electrons. The van der Waals surface area contributed by atoms with E-state index in [0.717, 1.165) is 44.9 Å². The number of halogens is 1. The lowest BCUT2D eigenvalue weighted by molar-refractivity contribution is -0.0490. The third-order valence-electron chi connectivity index (χ3n) is 6.16. The monoisotopic (exact) mass is 373 g/mol. The summed E-state index contributed by atoms with van der Waals surface area (Å²) in [6.07, 6.45) is 6.79. The zero-order chi connectivity index (χ0) is 17.8. The average Bonchev–Trinajstić information content (AvgIpc) is 2.64. The van der Waals surface area contributed by atoms with Crippen LogP contribution in [0.1, 0.15) is 43.2 Å². The smallest absolute Gasteiger partial charge is 0.0652 e. The summed E-state index contributed by atoms with van der Waals surface area (Å²) in [5, 5.41) is 11.1. The van der Waals surface area contributed by atoms with Crippen molar-refractivity contribution in [1.82, 2.24) is 4.90 Å². The van der Waals surface area contributed by atoms with Crippen molar-refractivity contribution in [2.24, 2.45) is 0 Å². The van der Waals surface area contributed by atoms with Gasteiger partial charge in [-0.1, -0.05) is 60.7 Å². The second kappa shape index (κ2) is 9.03. The van der Waals surface area contributed by atoms with Crippen LogP contribution in [0.5, 0.6) is 0 Å². The molecular weight excluding hydrogens is 342 g/mol. The van der Waals surface area contributed by atoms with Crippen LogP contribution in [0.4, 0.5) is 0 Å². The summed E-state index contributed by atoms with van der Waals surface area (Å²) in [6.45, 7) is 0. The Morgan fingerprint density at radius 3 is 1.81 bits per heavy atom. The topological polar surface area (TPSA) is 23.5 Å². The van der Waals surface area contributed by atoms with Crippen LogP contribution in [0.2, 0.25) is 0 Å². The zero-order valence-electron chi connectivity index (χ0n) is 16.0. The van der Waals surface area contributed by atoms with Crippen molar-refractivity contribution in [3.8, 4) is 0 Å². The molecule has 0 aliphatic heterocycles. The van der Waals surface area contributed by atoms with Gasteiger partial charge in [-0.25, -0.2) is 0 Å². The molecule has 0 bridgehead atoms. The Hall–Kier alpha value is -1.35. The molecule has 1 N–H and O–H groups in total. The van der Waals surface area contributed by atoms with Crippen molar-refractivity contribution in [3.05, 3.63) is 71.8 Å². The van der Waals surface area contributed by atoms with Gasteiger partial charge in [0.2, 0.25) is 0 Å². The zero-order valence-corrected chi connectivity index (χ0v) is 16.8. The van der Waals surface area contributed by atoms with E-state index in [0.29, 0.717) is 0 Å². The van der Waals surface area contributed by atoms with Gasteiger partial charge in [-0.05, 0) is 70.2 Å². The first kappa shape index (κ1) is 21.0. The molecular formula is C23H32ClNO. The van der Waals surface area contributed by atoms with E-state index in [1.165, 1.54) is 11.1 Å². The lowest BCUT2D eigenvalue weighted by Crippen LogP contribution is -2.52. The highest BCUT2D eigenvalue weighted by Gasteiger charge is 2.42. The fourth-order valence-corrected chi connectivity index (χ4v) is 4.21. The summed E-state index contributed by atoms with van der Waals surface area (Å²) in [7, 11) is 4.38. The van der Waals surface area contributed by atoms with Gasteiger partial charge in [-0.2, -0.15) is 0 Å². The van der Waals surface area contributed by atoms with E-state index in [2.05, 4.69) is 73.6 Å². The van der Waals surface area contributed by atoms with E-state index in [-0.39, 0.29) is 17.9 Å². The Labute approximate surface area is 164 Å². The molecule has 1 saturated carbocycles. The maximum Gasteiger partial charge on any atom is 0.0652 e. The quantitative estimate of drug-likeness (QED) is 0.779. The molecule has 0 atom stereocenters. The van der Waals surface area contributed by atoms with Gasteiger partial charge in [0.15, 0.2) is 0 Å². The second-order valence-corrected chi connectivity index (χ2v) is 7.99. The van der Waals surface area contributed by atoms with Crippen LogP contribution in [-0.4, -0.2) is 35.2 Å². The summed E-state index contributed by atoms with van der Waals surface area (Å²) in [4.78, 5) is 2.39. The van der Waals surface area contributed by atoms with Gasteiger partial charge in [0.25, 0.3) is 0 Å². The highest BCUT2D eigenvalue weighted by Crippen LogP contribution is 2.41. The maximum absolute atomic E-state index is 11.1. The van der Waals surface area contributed by atoms with Crippen molar-refractivity contribution >= 4 is 12.4 Å². The number of aliphatic hydroxyl groups is 1. The van der Waals surface area contributed by atoms with Crippen LogP contribution >= 0.6 is 12.4 Å². The van der Waals surface area contributed by atoms with Crippen LogP contribution in [0.15, 0.2) is 60.7 Å². The van der Waals surface area contributed by atoms with E-state index in [9.17, 15) is 5.11 Å². The predicted octanol–water partition coefficient (Wildman–Crippen LogP) is 4.89. The molecule has 0 heterocycles. The van der Waals surface area contributed by atoms with E-state index in [1.54, 1.807) is 0 Å². The van der Waals surface area contributed by atoms with Crippen LogP contribution in [0.25, 0.3) is 0 Å². The third-order valence-corrected chi connectivity index (χ3v) is 6.16. The molecule has 2 aromatic carbocycles. The lowest BCUT2D eigenvalue weighted by atomic mass is 9.69.